The second-order valence-corrected chi connectivity index (χ2v) is 4.89. The molecule has 0 unspecified atom stereocenters. The highest BCUT2D eigenvalue weighted by Crippen LogP contribution is 2.31. The van der Waals surface area contributed by atoms with Crippen LogP contribution in [-0.4, -0.2) is 17.5 Å². The van der Waals surface area contributed by atoms with Gasteiger partial charge >= 0.3 is 0 Å². The van der Waals surface area contributed by atoms with E-state index in [0.29, 0.717) is 11.3 Å². The van der Waals surface area contributed by atoms with Crippen LogP contribution in [0.1, 0.15) is 31.7 Å². The van der Waals surface area contributed by atoms with E-state index in [4.69, 9.17) is 0 Å². The quantitative estimate of drug-likeness (QED) is 0.598. The number of aryl methyl sites for hydroxylation is 1. The number of hydrogen-bond acceptors (Lipinski definition) is 3. The van der Waals surface area contributed by atoms with Crippen molar-refractivity contribution in [2.24, 2.45) is 0 Å². The van der Waals surface area contributed by atoms with Crippen molar-refractivity contribution in [3.63, 3.8) is 0 Å². The standard InChI is InChI=1S/C13H17FN2O2/c1-9-7-13(11(14)8-12(9)16(17)18)15-6-4-3-5-10(15)2/h7-8,10H,3-6H2,1-2H3/t10-/m1/s1. The van der Waals surface area contributed by atoms with Crippen LogP contribution in [-0.2, 0) is 0 Å². The van der Waals surface area contributed by atoms with E-state index >= 15 is 0 Å². The molecule has 1 aliphatic rings. The molecule has 98 valence electrons. The highest BCUT2D eigenvalue weighted by molar-refractivity contribution is 5.57. The first kappa shape index (κ1) is 12.8. The number of halogens is 1. The van der Waals surface area contributed by atoms with Gasteiger partial charge in [-0.3, -0.25) is 10.1 Å². The van der Waals surface area contributed by atoms with E-state index in [9.17, 15) is 14.5 Å². The summed E-state index contributed by atoms with van der Waals surface area (Å²) in [6.07, 6.45) is 3.24. The summed E-state index contributed by atoms with van der Waals surface area (Å²) >= 11 is 0. The molecule has 1 aliphatic heterocycles. The van der Waals surface area contributed by atoms with E-state index < -0.39 is 10.7 Å². The monoisotopic (exact) mass is 252 g/mol. The fourth-order valence-corrected chi connectivity index (χ4v) is 2.53. The average molecular weight is 252 g/mol. The van der Waals surface area contributed by atoms with Crippen LogP contribution in [0.5, 0.6) is 0 Å². The molecule has 0 aliphatic carbocycles. The molecule has 1 fully saturated rings. The van der Waals surface area contributed by atoms with Crippen LogP contribution in [0.15, 0.2) is 12.1 Å². The number of benzene rings is 1. The molecule has 1 heterocycles. The normalized spacial score (nSPS) is 19.9. The van der Waals surface area contributed by atoms with Gasteiger partial charge in [0.05, 0.1) is 16.7 Å². The third-order valence-electron chi connectivity index (χ3n) is 3.57. The second kappa shape index (κ2) is 4.92. The van der Waals surface area contributed by atoms with Crippen LogP contribution < -0.4 is 4.90 Å². The highest BCUT2D eigenvalue weighted by Gasteiger charge is 2.24. The number of anilines is 1. The van der Waals surface area contributed by atoms with Crippen LogP contribution in [0, 0.1) is 22.9 Å². The maximum Gasteiger partial charge on any atom is 0.275 e. The number of rotatable bonds is 2. The van der Waals surface area contributed by atoms with Gasteiger partial charge in [0.25, 0.3) is 5.69 Å². The molecule has 1 atom stereocenters. The molecule has 0 spiro atoms. The summed E-state index contributed by atoms with van der Waals surface area (Å²) in [5.41, 5.74) is 0.848. The largest absolute Gasteiger partial charge is 0.366 e. The lowest BCUT2D eigenvalue weighted by Crippen LogP contribution is -2.38. The maximum absolute atomic E-state index is 14.0. The Morgan fingerprint density at radius 3 is 2.78 bits per heavy atom. The van der Waals surface area contributed by atoms with Crippen molar-refractivity contribution in [2.75, 3.05) is 11.4 Å². The molecule has 0 aromatic heterocycles. The van der Waals surface area contributed by atoms with Crippen LogP contribution in [0.4, 0.5) is 15.8 Å². The van der Waals surface area contributed by atoms with Gasteiger partial charge < -0.3 is 4.90 Å². The number of hydrogen-bond donors (Lipinski definition) is 0. The van der Waals surface area contributed by atoms with Crippen molar-refractivity contribution < 1.29 is 9.31 Å². The third-order valence-corrected chi connectivity index (χ3v) is 3.57. The first-order valence-corrected chi connectivity index (χ1v) is 6.22. The van der Waals surface area contributed by atoms with E-state index in [1.807, 2.05) is 4.90 Å². The molecule has 4 nitrogen and oxygen atoms in total. The Bertz CT molecular complexity index is 476. The minimum atomic E-state index is -0.540. The lowest BCUT2D eigenvalue weighted by Gasteiger charge is -2.35. The van der Waals surface area contributed by atoms with Crippen LogP contribution in [0.25, 0.3) is 0 Å². The lowest BCUT2D eigenvalue weighted by molar-refractivity contribution is -0.385. The smallest absolute Gasteiger partial charge is 0.275 e. The summed E-state index contributed by atoms with van der Waals surface area (Å²) in [5.74, 6) is -0.499. The molecule has 1 saturated heterocycles. The first-order valence-electron chi connectivity index (χ1n) is 6.22. The van der Waals surface area contributed by atoms with Gasteiger partial charge in [-0.25, -0.2) is 4.39 Å². The Labute approximate surface area is 106 Å². The third kappa shape index (κ3) is 2.30. The zero-order valence-electron chi connectivity index (χ0n) is 10.6. The van der Waals surface area contributed by atoms with Crippen LogP contribution >= 0.6 is 0 Å². The van der Waals surface area contributed by atoms with Crippen molar-refractivity contribution >= 4 is 11.4 Å². The van der Waals surface area contributed by atoms with E-state index in [1.54, 1.807) is 13.0 Å². The summed E-state index contributed by atoms with van der Waals surface area (Å²) in [7, 11) is 0. The fraction of sp³-hybridized carbons (Fsp3) is 0.538. The van der Waals surface area contributed by atoms with Gasteiger partial charge in [0, 0.05) is 18.2 Å². The lowest BCUT2D eigenvalue weighted by atomic mass is 10.0. The maximum atomic E-state index is 14.0. The van der Waals surface area contributed by atoms with Gasteiger partial charge in [-0.05, 0) is 39.2 Å². The summed E-state index contributed by atoms with van der Waals surface area (Å²) < 4.78 is 14.0. The Morgan fingerprint density at radius 1 is 1.44 bits per heavy atom. The summed E-state index contributed by atoms with van der Waals surface area (Å²) in [6, 6.07) is 2.91. The number of piperidine rings is 1. The number of nitro benzene ring substituents is 1. The first-order chi connectivity index (χ1) is 8.50. The van der Waals surface area contributed by atoms with Crippen LogP contribution in [0.3, 0.4) is 0 Å². The Hall–Kier alpha value is -1.65. The highest BCUT2D eigenvalue weighted by atomic mass is 19.1. The zero-order valence-corrected chi connectivity index (χ0v) is 10.6. The Balaban J connectivity index is 2.39. The molecule has 0 bridgehead atoms. The SMILES string of the molecule is Cc1cc(N2CCCC[C@H]2C)c(F)cc1[N+](=O)[O-]. The van der Waals surface area contributed by atoms with Crippen molar-refractivity contribution in [3.8, 4) is 0 Å². The number of nitrogens with zero attached hydrogens (tertiary/aromatic N) is 2. The molecule has 1 aromatic rings. The van der Waals surface area contributed by atoms with Gasteiger partial charge in [-0.2, -0.15) is 0 Å². The summed E-state index contributed by atoms with van der Waals surface area (Å²) in [4.78, 5) is 12.2. The van der Waals surface area contributed by atoms with E-state index in [1.165, 1.54) is 0 Å². The average Bonchev–Trinajstić information content (AvgIpc) is 2.32. The molecule has 1 aromatic carbocycles. The molecule has 0 saturated carbocycles. The molecular formula is C13H17FN2O2. The van der Waals surface area contributed by atoms with Gasteiger partial charge in [-0.1, -0.05) is 0 Å². The van der Waals surface area contributed by atoms with Gasteiger partial charge in [0.2, 0.25) is 0 Å². The number of nitro groups is 1. The molecule has 5 heteroatoms. The van der Waals surface area contributed by atoms with Crippen molar-refractivity contribution in [3.05, 3.63) is 33.6 Å². The zero-order chi connectivity index (χ0) is 13.3. The topological polar surface area (TPSA) is 46.4 Å². The minimum Gasteiger partial charge on any atom is -0.366 e. The predicted octanol–water partition coefficient (Wildman–Crippen LogP) is 3.42. The molecule has 0 amide bonds. The summed E-state index contributed by atoms with van der Waals surface area (Å²) in [5, 5.41) is 10.8. The van der Waals surface area contributed by atoms with Crippen molar-refractivity contribution in [1.82, 2.24) is 0 Å². The van der Waals surface area contributed by atoms with Gasteiger partial charge in [0.15, 0.2) is 5.82 Å². The van der Waals surface area contributed by atoms with E-state index in [-0.39, 0.29) is 11.7 Å². The Kier molecular flexibility index (Phi) is 3.50. The van der Waals surface area contributed by atoms with Crippen molar-refractivity contribution in [1.29, 1.82) is 0 Å². The van der Waals surface area contributed by atoms with Crippen LogP contribution in [0.2, 0.25) is 0 Å². The molecule has 0 radical (unpaired) electrons. The molecular weight excluding hydrogens is 235 g/mol. The second-order valence-electron chi connectivity index (χ2n) is 4.89. The van der Waals surface area contributed by atoms with Crippen molar-refractivity contribution in [2.45, 2.75) is 39.2 Å². The fourth-order valence-electron chi connectivity index (χ4n) is 2.53. The molecule has 2 rings (SSSR count). The predicted molar refractivity (Wildman–Crippen MR) is 68.5 cm³/mol. The van der Waals surface area contributed by atoms with Gasteiger partial charge in [-0.15, -0.1) is 0 Å². The van der Waals surface area contributed by atoms with Gasteiger partial charge in [0.1, 0.15) is 0 Å². The molecule has 0 N–H and O–H groups in total. The summed E-state index contributed by atoms with van der Waals surface area (Å²) in [6.45, 7) is 4.53. The Morgan fingerprint density at radius 2 is 2.17 bits per heavy atom. The van der Waals surface area contributed by atoms with E-state index in [0.717, 1.165) is 31.9 Å². The van der Waals surface area contributed by atoms with E-state index in [2.05, 4.69) is 6.92 Å². The minimum absolute atomic E-state index is 0.152. The molecule has 18 heavy (non-hydrogen) atoms.